The van der Waals surface area contributed by atoms with E-state index in [2.05, 4.69) is 20.9 Å². The number of pyridine rings is 1. The van der Waals surface area contributed by atoms with E-state index in [1.807, 2.05) is 49.4 Å². The van der Waals surface area contributed by atoms with Crippen molar-refractivity contribution in [1.82, 2.24) is 4.98 Å². The number of ketones is 1. The minimum atomic E-state index is -0.312. The molecule has 138 valence electrons. The highest BCUT2D eigenvalue weighted by atomic mass is 79.9. The Hall–Kier alpha value is -2.17. The minimum absolute atomic E-state index is 0.0295. The van der Waals surface area contributed by atoms with E-state index in [0.29, 0.717) is 22.9 Å². The molecule has 0 aliphatic rings. The van der Waals surface area contributed by atoms with Crippen molar-refractivity contribution in [1.29, 1.82) is 0 Å². The largest absolute Gasteiger partial charge is 0.481 e. The number of ether oxygens (including phenoxy) is 1. The maximum absolute atomic E-state index is 13.3. The molecule has 0 radical (unpaired) electrons. The topological polar surface area (TPSA) is 39.2 Å². The third-order valence-corrected chi connectivity index (χ3v) is 5.31. The third kappa shape index (κ3) is 4.76. The van der Waals surface area contributed by atoms with Crippen molar-refractivity contribution in [3.8, 4) is 5.88 Å². The summed E-state index contributed by atoms with van der Waals surface area (Å²) in [6, 6.07) is 17.1. The van der Waals surface area contributed by atoms with Gasteiger partial charge in [-0.2, -0.15) is 0 Å². The lowest BCUT2D eigenvalue weighted by Crippen LogP contribution is -2.16. The molecule has 3 rings (SSSR count). The van der Waals surface area contributed by atoms with Gasteiger partial charge in [-0.3, -0.25) is 4.79 Å². The first-order valence-electron chi connectivity index (χ1n) is 8.52. The standard InChI is InChI=1S/C22H19BrClNO2/c1-14-11-19(24)9-5-16(14)12-20(15-3-7-18(23)8-4-15)22(26)17-6-10-21(27-2)25-13-17/h3-11,13,20H,12H2,1-2H3. The fourth-order valence-corrected chi connectivity index (χ4v) is 3.50. The van der Waals surface area contributed by atoms with Gasteiger partial charge in [0.15, 0.2) is 5.78 Å². The quantitative estimate of drug-likeness (QED) is 0.436. The minimum Gasteiger partial charge on any atom is -0.481 e. The van der Waals surface area contributed by atoms with E-state index < -0.39 is 0 Å². The number of rotatable bonds is 6. The molecule has 2 aromatic carbocycles. The number of carbonyl (C=O) groups is 1. The predicted octanol–water partition coefficient (Wildman–Crippen LogP) is 6.02. The van der Waals surface area contributed by atoms with Crippen molar-refractivity contribution in [3.63, 3.8) is 0 Å². The number of Topliss-reactive ketones (excluding diaryl/α,β-unsaturated/α-hetero) is 1. The summed E-state index contributed by atoms with van der Waals surface area (Å²) in [6.45, 7) is 2.01. The highest BCUT2D eigenvalue weighted by molar-refractivity contribution is 9.10. The Morgan fingerprint density at radius 1 is 1.15 bits per heavy atom. The Kier molecular flexibility index (Phi) is 6.30. The fourth-order valence-electron chi connectivity index (χ4n) is 3.01. The molecule has 1 atom stereocenters. The van der Waals surface area contributed by atoms with E-state index in [0.717, 1.165) is 21.2 Å². The van der Waals surface area contributed by atoms with E-state index in [1.165, 1.54) is 0 Å². The van der Waals surface area contributed by atoms with E-state index in [4.69, 9.17) is 16.3 Å². The van der Waals surface area contributed by atoms with Crippen molar-refractivity contribution >= 4 is 33.3 Å². The molecule has 0 amide bonds. The van der Waals surface area contributed by atoms with E-state index >= 15 is 0 Å². The van der Waals surface area contributed by atoms with Gasteiger partial charge in [-0.05, 0) is 60.4 Å². The zero-order valence-electron chi connectivity index (χ0n) is 15.1. The van der Waals surface area contributed by atoms with Gasteiger partial charge in [-0.1, -0.05) is 45.7 Å². The second-order valence-corrected chi connectivity index (χ2v) is 7.68. The Morgan fingerprint density at radius 2 is 1.89 bits per heavy atom. The average molecular weight is 445 g/mol. The van der Waals surface area contributed by atoms with Gasteiger partial charge in [0.25, 0.3) is 0 Å². The van der Waals surface area contributed by atoms with E-state index in [-0.39, 0.29) is 11.7 Å². The van der Waals surface area contributed by atoms with Crippen LogP contribution in [0.15, 0.2) is 65.3 Å². The number of aromatic nitrogens is 1. The molecule has 1 unspecified atom stereocenters. The number of hydrogen-bond acceptors (Lipinski definition) is 3. The second-order valence-electron chi connectivity index (χ2n) is 6.33. The summed E-state index contributed by atoms with van der Waals surface area (Å²) in [5, 5.41) is 0.696. The van der Waals surface area contributed by atoms with Gasteiger partial charge in [0.1, 0.15) is 0 Å². The van der Waals surface area contributed by atoms with Crippen LogP contribution in [0.1, 0.15) is 33.0 Å². The van der Waals surface area contributed by atoms with Crippen molar-refractivity contribution in [2.75, 3.05) is 7.11 Å². The Labute approximate surface area is 172 Å². The second kappa shape index (κ2) is 8.68. The van der Waals surface area contributed by atoms with Crippen molar-refractivity contribution in [3.05, 3.63) is 92.5 Å². The summed E-state index contributed by atoms with van der Waals surface area (Å²) in [5.41, 5.74) is 3.70. The van der Waals surface area contributed by atoms with Gasteiger partial charge in [-0.15, -0.1) is 0 Å². The average Bonchev–Trinajstić information content (AvgIpc) is 2.68. The lowest BCUT2D eigenvalue weighted by Gasteiger charge is -2.18. The molecule has 3 aromatic rings. The third-order valence-electron chi connectivity index (χ3n) is 4.55. The SMILES string of the molecule is COc1ccc(C(=O)C(Cc2ccc(Cl)cc2C)c2ccc(Br)cc2)cn1. The molecule has 0 N–H and O–H groups in total. The Balaban J connectivity index is 1.98. The van der Waals surface area contributed by atoms with E-state index in [9.17, 15) is 4.79 Å². The summed E-state index contributed by atoms with van der Waals surface area (Å²) in [6.07, 6.45) is 2.16. The molecule has 0 aliphatic heterocycles. The maximum Gasteiger partial charge on any atom is 0.212 e. The van der Waals surface area contributed by atoms with Crippen molar-refractivity contribution in [2.24, 2.45) is 0 Å². The first kappa shape index (κ1) is 19.6. The number of carbonyl (C=O) groups excluding carboxylic acids is 1. The molecule has 0 saturated heterocycles. The normalized spacial score (nSPS) is 11.9. The molecule has 5 heteroatoms. The molecule has 0 aliphatic carbocycles. The molecule has 27 heavy (non-hydrogen) atoms. The first-order chi connectivity index (χ1) is 13.0. The maximum atomic E-state index is 13.3. The number of aryl methyl sites for hydroxylation is 1. The van der Waals surface area contributed by atoms with Crippen LogP contribution in [0, 0.1) is 6.92 Å². The smallest absolute Gasteiger partial charge is 0.212 e. The molecule has 0 fully saturated rings. The molecule has 1 heterocycles. The zero-order valence-corrected chi connectivity index (χ0v) is 17.4. The Bertz CT molecular complexity index is 940. The molecule has 1 aromatic heterocycles. The summed E-state index contributed by atoms with van der Waals surface area (Å²) in [7, 11) is 1.55. The lowest BCUT2D eigenvalue weighted by molar-refractivity contribution is 0.0958. The number of methoxy groups -OCH3 is 1. The van der Waals surface area contributed by atoms with Gasteiger partial charge in [-0.25, -0.2) is 4.98 Å². The number of nitrogens with zero attached hydrogens (tertiary/aromatic N) is 1. The van der Waals surface area contributed by atoms with Crippen molar-refractivity contribution < 1.29 is 9.53 Å². The lowest BCUT2D eigenvalue weighted by atomic mass is 9.85. The van der Waals surface area contributed by atoms with Crippen molar-refractivity contribution in [2.45, 2.75) is 19.3 Å². The van der Waals surface area contributed by atoms with Gasteiger partial charge in [0, 0.05) is 27.3 Å². The highest BCUT2D eigenvalue weighted by Crippen LogP contribution is 2.29. The first-order valence-corrected chi connectivity index (χ1v) is 9.70. The molecule has 3 nitrogen and oxygen atoms in total. The van der Waals surface area contributed by atoms with Gasteiger partial charge >= 0.3 is 0 Å². The van der Waals surface area contributed by atoms with Crippen LogP contribution in [0.2, 0.25) is 5.02 Å². The zero-order chi connectivity index (χ0) is 19.4. The van der Waals surface area contributed by atoms with Crippen LogP contribution in [-0.4, -0.2) is 17.9 Å². The number of hydrogen-bond donors (Lipinski definition) is 0. The summed E-state index contributed by atoms with van der Waals surface area (Å²) in [5.74, 6) is 0.204. The van der Waals surface area contributed by atoms with Crippen LogP contribution in [0.4, 0.5) is 0 Å². The number of benzene rings is 2. The van der Waals surface area contributed by atoms with Gasteiger partial charge < -0.3 is 4.74 Å². The number of halogens is 2. The molecule has 0 saturated carbocycles. The fraction of sp³-hybridized carbons (Fsp3) is 0.182. The van der Waals surface area contributed by atoms with Crippen LogP contribution >= 0.6 is 27.5 Å². The van der Waals surface area contributed by atoms with Gasteiger partial charge in [0.05, 0.1) is 13.0 Å². The summed E-state index contributed by atoms with van der Waals surface area (Å²) < 4.78 is 6.07. The summed E-state index contributed by atoms with van der Waals surface area (Å²) in [4.78, 5) is 17.5. The monoisotopic (exact) mass is 443 g/mol. The van der Waals surface area contributed by atoms with Gasteiger partial charge in [0.2, 0.25) is 5.88 Å². The van der Waals surface area contributed by atoms with Crippen LogP contribution in [0.3, 0.4) is 0 Å². The van der Waals surface area contributed by atoms with E-state index in [1.54, 1.807) is 25.4 Å². The highest BCUT2D eigenvalue weighted by Gasteiger charge is 2.23. The predicted molar refractivity (Wildman–Crippen MR) is 112 cm³/mol. The molecular weight excluding hydrogens is 426 g/mol. The molecular formula is C22H19BrClNO2. The molecule has 0 spiro atoms. The Morgan fingerprint density at radius 3 is 2.48 bits per heavy atom. The van der Waals surface area contributed by atoms with Crippen LogP contribution in [0.25, 0.3) is 0 Å². The van der Waals surface area contributed by atoms with Crippen LogP contribution < -0.4 is 4.74 Å². The van der Waals surface area contributed by atoms with Crippen LogP contribution in [-0.2, 0) is 6.42 Å². The summed E-state index contributed by atoms with van der Waals surface area (Å²) >= 11 is 9.54. The molecule has 0 bridgehead atoms. The van der Waals surface area contributed by atoms with Crippen LogP contribution in [0.5, 0.6) is 5.88 Å².